The monoisotopic (exact) mass is 433 g/mol. The van der Waals surface area contributed by atoms with Gasteiger partial charge >= 0.3 is 0 Å². The van der Waals surface area contributed by atoms with Crippen LogP contribution in [0.15, 0.2) is 45.2 Å². The van der Waals surface area contributed by atoms with Gasteiger partial charge in [0.2, 0.25) is 5.65 Å². The SMILES string of the molecule is Cc1ccc(-c2ccc(C(=O)Nc3cc4oc(N)nc4nc3N3CC[C@H](O)C3)o2)cc1C. The topological polar surface area (TPSA) is 131 Å². The number of oxazole rings is 1. The van der Waals surface area contributed by atoms with E-state index >= 15 is 0 Å². The zero-order valence-electron chi connectivity index (χ0n) is 17.8. The molecule has 0 spiro atoms. The van der Waals surface area contributed by atoms with Gasteiger partial charge in [-0.1, -0.05) is 12.1 Å². The number of fused-ring (bicyclic) bond motifs is 1. The summed E-state index contributed by atoms with van der Waals surface area (Å²) in [5.41, 5.74) is 10.0. The summed E-state index contributed by atoms with van der Waals surface area (Å²) >= 11 is 0. The third-order valence-corrected chi connectivity index (χ3v) is 5.71. The number of furan rings is 1. The fourth-order valence-corrected chi connectivity index (χ4v) is 3.83. The Bertz CT molecular complexity index is 1330. The number of nitrogens with two attached hydrogens (primary N) is 1. The molecular weight excluding hydrogens is 410 g/mol. The first-order valence-corrected chi connectivity index (χ1v) is 10.4. The number of carbonyl (C=O) groups excluding carboxylic acids is 1. The van der Waals surface area contributed by atoms with Crippen LogP contribution in [0.25, 0.3) is 22.6 Å². The van der Waals surface area contributed by atoms with E-state index in [1.807, 2.05) is 36.9 Å². The molecule has 32 heavy (non-hydrogen) atoms. The lowest BCUT2D eigenvalue weighted by Gasteiger charge is -2.20. The molecule has 1 saturated heterocycles. The van der Waals surface area contributed by atoms with Crippen LogP contribution in [-0.4, -0.2) is 40.2 Å². The van der Waals surface area contributed by atoms with Crippen LogP contribution in [0.2, 0.25) is 0 Å². The van der Waals surface area contributed by atoms with Gasteiger partial charge in [0.15, 0.2) is 17.2 Å². The van der Waals surface area contributed by atoms with Crippen molar-refractivity contribution in [1.29, 1.82) is 0 Å². The van der Waals surface area contributed by atoms with Gasteiger partial charge in [0.1, 0.15) is 5.76 Å². The lowest BCUT2D eigenvalue weighted by Crippen LogP contribution is -2.24. The number of hydrogen-bond acceptors (Lipinski definition) is 8. The third-order valence-electron chi connectivity index (χ3n) is 5.71. The molecular formula is C23H23N5O4. The lowest BCUT2D eigenvalue weighted by atomic mass is 10.1. The van der Waals surface area contributed by atoms with Gasteiger partial charge in [-0.05, 0) is 49.6 Å². The number of aryl methyl sites for hydroxylation is 2. The fraction of sp³-hybridized carbons (Fsp3) is 0.261. The highest BCUT2D eigenvalue weighted by Crippen LogP contribution is 2.32. The van der Waals surface area contributed by atoms with E-state index in [4.69, 9.17) is 14.6 Å². The summed E-state index contributed by atoms with van der Waals surface area (Å²) in [6.45, 7) is 5.09. The number of aliphatic hydroxyl groups is 1. The predicted molar refractivity (Wildman–Crippen MR) is 121 cm³/mol. The second-order valence-corrected chi connectivity index (χ2v) is 8.04. The van der Waals surface area contributed by atoms with Crippen molar-refractivity contribution in [3.63, 3.8) is 0 Å². The first-order valence-electron chi connectivity index (χ1n) is 10.4. The van der Waals surface area contributed by atoms with Gasteiger partial charge in [0.05, 0.1) is 11.8 Å². The van der Waals surface area contributed by atoms with Crippen molar-refractivity contribution in [3.8, 4) is 11.3 Å². The Morgan fingerprint density at radius 1 is 1.16 bits per heavy atom. The molecule has 9 nitrogen and oxygen atoms in total. The van der Waals surface area contributed by atoms with Gasteiger partial charge < -0.3 is 29.9 Å². The van der Waals surface area contributed by atoms with E-state index < -0.39 is 12.0 Å². The molecule has 1 atom stereocenters. The van der Waals surface area contributed by atoms with Crippen LogP contribution in [0, 0.1) is 13.8 Å². The Morgan fingerprint density at radius 3 is 2.75 bits per heavy atom. The molecule has 0 saturated carbocycles. The lowest BCUT2D eigenvalue weighted by molar-refractivity contribution is 0.0997. The quantitative estimate of drug-likeness (QED) is 0.446. The highest BCUT2D eigenvalue weighted by atomic mass is 16.4. The van der Waals surface area contributed by atoms with Crippen LogP contribution in [0.1, 0.15) is 28.1 Å². The van der Waals surface area contributed by atoms with Crippen molar-refractivity contribution in [1.82, 2.24) is 9.97 Å². The first-order chi connectivity index (χ1) is 15.4. The maximum Gasteiger partial charge on any atom is 0.294 e. The van der Waals surface area contributed by atoms with Gasteiger partial charge in [0.25, 0.3) is 11.9 Å². The molecule has 0 bridgehead atoms. The van der Waals surface area contributed by atoms with Crippen molar-refractivity contribution in [3.05, 3.63) is 53.3 Å². The number of aliphatic hydroxyl groups excluding tert-OH is 1. The zero-order valence-corrected chi connectivity index (χ0v) is 17.8. The normalized spacial score (nSPS) is 16.1. The largest absolute Gasteiger partial charge is 0.451 e. The molecule has 1 aliphatic heterocycles. The minimum Gasteiger partial charge on any atom is -0.451 e. The average Bonchev–Trinajstić information content (AvgIpc) is 3.48. The van der Waals surface area contributed by atoms with Crippen LogP contribution >= 0.6 is 0 Å². The summed E-state index contributed by atoms with van der Waals surface area (Å²) < 4.78 is 11.2. The Kier molecular flexibility index (Phi) is 4.82. The number of nitrogens with zero attached hydrogens (tertiary/aromatic N) is 3. The van der Waals surface area contributed by atoms with Gasteiger partial charge in [-0.2, -0.15) is 4.98 Å². The Labute approximate surface area is 183 Å². The highest BCUT2D eigenvalue weighted by molar-refractivity contribution is 6.05. The number of rotatable bonds is 4. The average molecular weight is 433 g/mol. The van der Waals surface area contributed by atoms with Crippen LogP contribution in [0.3, 0.4) is 0 Å². The van der Waals surface area contributed by atoms with E-state index in [9.17, 15) is 9.90 Å². The number of nitrogens with one attached hydrogen (secondary N) is 1. The van der Waals surface area contributed by atoms with E-state index in [2.05, 4.69) is 15.3 Å². The molecule has 9 heteroatoms. The molecule has 164 valence electrons. The van der Waals surface area contributed by atoms with Crippen LogP contribution in [0.5, 0.6) is 0 Å². The fourth-order valence-electron chi connectivity index (χ4n) is 3.83. The maximum absolute atomic E-state index is 13.0. The number of amides is 1. The van der Waals surface area contributed by atoms with Gasteiger partial charge in [0, 0.05) is 24.7 Å². The minimum atomic E-state index is -0.455. The van der Waals surface area contributed by atoms with Crippen molar-refractivity contribution in [2.45, 2.75) is 26.4 Å². The smallest absolute Gasteiger partial charge is 0.294 e. The number of pyridine rings is 1. The molecule has 1 fully saturated rings. The molecule has 4 aromatic rings. The predicted octanol–water partition coefficient (Wildman–Crippen LogP) is 3.51. The van der Waals surface area contributed by atoms with Crippen LogP contribution in [-0.2, 0) is 0 Å². The van der Waals surface area contributed by atoms with Gasteiger partial charge in [-0.3, -0.25) is 4.79 Å². The highest BCUT2D eigenvalue weighted by Gasteiger charge is 2.26. The van der Waals surface area contributed by atoms with Crippen molar-refractivity contribution < 1.29 is 18.7 Å². The summed E-state index contributed by atoms with van der Waals surface area (Å²) in [5.74, 6) is 0.854. The molecule has 1 aliphatic rings. The molecule has 3 aromatic heterocycles. The Balaban J connectivity index is 1.45. The van der Waals surface area contributed by atoms with Crippen molar-refractivity contribution >= 4 is 34.7 Å². The molecule has 0 radical (unpaired) electrons. The van der Waals surface area contributed by atoms with Gasteiger partial charge in [-0.25, -0.2) is 4.98 Å². The molecule has 5 rings (SSSR count). The minimum absolute atomic E-state index is 0.00699. The summed E-state index contributed by atoms with van der Waals surface area (Å²) in [6.07, 6.45) is 0.162. The van der Waals surface area contributed by atoms with Crippen molar-refractivity contribution in [2.75, 3.05) is 29.0 Å². The maximum atomic E-state index is 13.0. The van der Waals surface area contributed by atoms with Crippen molar-refractivity contribution in [2.24, 2.45) is 0 Å². The van der Waals surface area contributed by atoms with E-state index in [0.717, 1.165) is 11.1 Å². The number of hydrogen-bond donors (Lipinski definition) is 3. The molecule has 4 N–H and O–H groups in total. The molecule has 1 amide bonds. The summed E-state index contributed by atoms with van der Waals surface area (Å²) in [4.78, 5) is 23.5. The number of β-amino-alcohol motifs (C(OH)–C–C–N with tert-alkyl or cyclic N) is 1. The van der Waals surface area contributed by atoms with Gasteiger partial charge in [-0.15, -0.1) is 0 Å². The number of nitrogen functional groups attached to an aromatic ring is 1. The summed E-state index contributed by atoms with van der Waals surface area (Å²) in [5, 5.41) is 12.8. The first kappa shape index (κ1) is 20.1. The number of aromatic nitrogens is 2. The summed E-state index contributed by atoms with van der Waals surface area (Å²) in [7, 11) is 0. The standard InChI is InChI=1S/C23H23N5O4/c1-12-3-4-14(9-13(12)2)17-5-6-18(31-17)22(30)25-16-10-19-20(27-23(24)32-19)26-21(16)28-8-7-15(29)11-28/h3-6,9-10,15,29H,7-8,11H2,1-2H3,(H,25,30)(H2,24,26,27)/t15-/m0/s1. The van der Waals surface area contributed by atoms with E-state index in [0.29, 0.717) is 48.0 Å². The number of benzene rings is 1. The van der Waals surface area contributed by atoms with E-state index in [1.54, 1.807) is 18.2 Å². The second-order valence-electron chi connectivity index (χ2n) is 8.04. The second kappa shape index (κ2) is 7.69. The molecule has 0 aliphatic carbocycles. The molecule has 4 heterocycles. The summed E-state index contributed by atoms with van der Waals surface area (Å²) in [6, 6.07) is 11.1. The Morgan fingerprint density at radius 2 is 2.00 bits per heavy atom. The number of anilines is 3. The van der Waals surface area contributed by atoms with Crippen LogP contribution < -0.4 is 16.0 Å². The zero-order chi connectivity index (χ0) is 22.4. The number of carbonyl (C=O) groups is 1. The Hall–Kier alpha value is -3.85. The molecule has 0 unspecified atom stereocenters. The van der Waals surface area contributed by atoms with E-state index in [1.165, 1.54) is 5.56 Å². The third kappa shape index (κ3) is 3.67. The van der Waals surface area contributed by atoms with E-state index in [-0.39, 0.29) is 11.8 Å². The molecule has 1 aromatic carbocycles. The van der Waals surface area contributed by atoms with Crippen LogP contribution in [0.4, 0.5) is 17.5 Å².